The summed E-state index contributed by atoms with van der Waals surface area (Å²) in [5, 5.41) is 20.2. The molecule has 2 atom stereocenters. The first-order valence-electron chi connectivity index (χ1n) is 6.83. The Bertz CT molecular complexity index is 449. The minimum Gasteiger partial charge on any atom is -0.481 e. The van der Waals surface area contributed by atoms with E-state index in [9.17, 15) is 15.0 Å². The van der Waals surface area contributed by atoms with E-state index >= 15 is 0 Å². The first-order chi connectivity index (χ1) is 8.80. The number of aryl methyl sites for hydroxylation is 2. The van der Waals surface area contributed by atoms with E-state index in [1.165, 1.54) is 0 Å². The molecule has 2 unspecified atom stereocenters. The van der Waals surface area contributed by atoms with Crippen molar-refractivity contribution in [3.8, 4) is 0 Å². The van der Waals surface area contributed by atoms with Crippen molar-refractivity contribution < 1.29 is 15.0 Å². The standard InChI is InChI=1S/C16H24O3/c1-5-6-7-13(15(17)18)16(4,19)14-10-11(2)8-9-12(14)3/h8-10,13,19H,5-7H2,1-4H3,(H,17,18). The molecule has 0 spiro atoms. The summed E-state index contributed by atoms with van der Waals surface area (Å²) in [5.41, 5.74) is 1.34. The van der Waals surface area contributed by atoms with Crippen LogP contribution in [-0.4, -0.2) is 16.2 Å². The number of benzene rings is 1. The molecule has 1 aromatic rings. The number of aliphatic carboxylic acids is 1. The highest BCUT2D eigenvalue weighted by molar-refractivity contribution is 5.72. The predicted molar refractivity (Wildman–Crippen MR) is 76.1 cm³/mol. The summed E-state index contributed by atoms with van der Waals surface area (Å²) in [6.45, 7) is 7.48. The lowest BCUT2D eigenvalue weighted by molar-refractivity contribution is -0.152. The van der Waals surface area contributed by atoms with Crippen LogP contribution in [0.4, 0.5) is 0 Å². The number of hydrogen-bond donors (Lipinski definition) is 2. The molecule has 0 aromatic heterocycles. The van der Waals surface area contributed by atoms with Crippen LogP contribution in [0, 0.1) is 19.8 Å². The molecule has 0 aliphatic heterocycles. The smallest absolute Gasteiger partial charge is 0.309 e. The van der Waals surface area contributed by atoms with Gasteiger partial charge in [-0.25, -0.2) is 0 Å². The lowest BCUT2D eigenvalue weighted by Gasteiger charge is -2.32. The van der Waals surface area contributed by atoms with Crippen LogP contribution in [0.25, 0.3) is 0 Å². The number of unbranched alkanes of at least 4 members (excludes halogenated alkanes) is 1. The number of rotatable bonds is 6. The van der Waals surface area contributed by atoms with E-state index in [0.717, 1.165) is 29.5 Å². The summed E-state index contributed by atoms with van der Waals surface area (Å²) in [4.78, 5) is 11.5. The van der Waals surface area contributed by atoms with E-state index in [-0.39, 0.29) is 0 Å². The largest absolute Gasteiger partial charge is 0.481 e. The Morgan fingerprint density at radius 3 is 2.53 bits per heavy atom. The number of hydrogen-bond acceptors (Lipinski definition) is 2. The zero-order valence-corrected chi connectivity index (χ0v) is 12.2. The van der Waals surface area contributed by atoms with Crippen LogP contribution in [0.5, 0.6) is 0 Å². The van der Waals surface area contributed by atoms with Crippen molar-refractivity contribution >= 4 is 5.97 Å². The van der Waals surface area contributed by atoms with Crippen LogP contribution in [-0.2, 0) is 10.4 Å². The first kappa shape index (κ1) is 15.7. The minimum atomic E-state index is -1.34. The van der Waals surface area contributed by atoms with Crippen molar-refractivity contribution in [3.05, 3.63) is 34.9 Å². The highest BCUT2D eigenvalue weighted by atomic mass is 16.4. The lowest BCUT2D eigenvalue weighted by Crippen LogP contribution is -2.38. The SMILES string of the molecule is CCCCC(C(=O)O)C(C)(O)c1cc(C)ccc1C. The average Bonchev–Trinajstić information content (AvgIpc) is 2.32. The molecular formula is C16H24O3. The van der Waals surface area contributed by atoms with Gasteiger partial charge in [0.15, 0.2) is 0 Å². The van der Waals surface area contributed by atoms with Crippen molar-refractivity contribution in [2.75, 3.05) is 0 Å². The second-order valence-electron chi connectivity index (χ2n) is 5.50. The van der Waals surface area contributed by atoms with Gasteiger partial charge in [0, 0.05) is 0 Å². The Balaban J connectivity index is 3.17. The Labute approximate surface area is 115 Å². The summed E-state index contributed by atoms with van der Waals surface area (Å²) in [7, 11) is 0. The van der Waals surface area contributed by atoms with Gasteiger partial charge in [0.05, 0.1) is 5.92 Å². The summed E-state index contributed by atoms with van der Waals surface area (Å²) in [6, 6.07) is 5.78. The average molecular weight is 264 g/mol. The molecule has 106 valence electrons. The van der Waals surface area contributed by atoms with Gasteiger partial charge >= 0.3 is 5.97 Å². The Hall–Kier alpha value is -1.35. The summed E-state index contributed by atoms with van der Waals surface area (Å²) in [6.07, 6.45) is 2.22. The van der Waals surface area contributed by atoms with Crippen molar-refractivity contribution in [2.24, 2.45) is 5.92 Å². The van der Waals surface area contributed by atoms with Crippen molar-refractivity contribution in [1.82, 2.24) is 0 Å². The van der Waals surface area contributed by atoms with E-state index in [0.29, 0.717) is 6.42 Å². The van der Waals surface area contributed by atoms with Gasteiger partial charge in [-0.2, -0.15) is 0 Å². The zero-order valence-electron chi connectivity index (χ0n) is 12.2. The predicted octanol–water partition coefficient (Wildman–Crippen LogP) is 3.40. The van der Waals surface area contributed by atoms with Crippen LogP contribution in [0.2, 0.25) is 0 Å². The normalized spacial score (nSPS) is 15.8. The van der Waals surface area contributed by atoms with Gasteiger partial charge in [-0.15, -0.1) is 0 Å². The van der Waals surface area contributed by atoms with E-state index in [1.807, 2.05) is 39.0 Å². The van der Waals surface area contributed by atoms with Crippen LogP contribution >= 0.6 is 0 Å². The third-order valence-corrected chi connectivity index (χ3v) is 3.76. The molecular weight excluding hydrogens is 240 g/mol. The lowest BCUT2D eigenvalue weighted by atomic mass is 9.78. The van der Waals surface area contributed by atoms with Gasteiger partial charge in [0.25, 0.3) is 0 Å². The third-order valence-electron chi connectivity index (χ3n) is 3.76. The van der Waals surface area contributed by atoms with E-state index in [1.54, 1.807) is 6.92 Å². The molecule has 19 heavy (non-hydrogen) atoms. The highest BCUT2D eigenvalue weighted by Gasteiger charge is 2.39. The molecule has 3 nitrogen and oxygen atoms in total. The molecule has 0 aliphatic rings. The monoisotopic (exact) mass is 264 g/mol. The third kappa shape index (κ3) is 3.57. The fourth-order valence-corrected chi connectivity index (χ4v) is 2.52. The number of carboxylic acids is 1. The second-order valence-corrected chi connectivity index (χ2v) is 5.50. The summed E-state index contributed by atoms with van der Waals surface area (Å²) >= 11 is 0. The number of carbonyl (C=O) groups is 1. The number of aliphatic hydroxyl groups is 1. The van der Waals surface area contributed by atoms with Crippen LogP contribution in [0.3, 0.4) is 0 Å². The summed E-state index contributed by atoms with van der Waals surface area (Å²) in [5.74, 6) is -1.70. The Morgan fingerprint density at radius 2 is 2.00 bits per heavy atom. The van der Waals surface area contributed by atoms with Crippen molar-refractivity contribution in [2.45, 2.75) is 52.6 Å². The molecule has 0 saturated carbocycles. The van der Waals surface area contributed by atoms with Gasteiger partial charge in [-0.1, -0.05) is 43.5 Å². The molecule has 3 heteroatoms. The van der Waals surface area contributed by atoms with Crippen molar-refractivity contribution in [3.63, 3.8) is 0 Å². The minimum absolute atomic E-state index is 0.492. The van der Waals surface area contributed by atoms with E-state index < -0.39 is 17.5 Å². The van der Waals surface area contributed by atoms with E-state index in [2.05, 4.69) is 0 Å². The Kier molecular flexibility index (Phi) is 5.12. The molecule has 0 amide bonds. The fourth-order valence-electron chi connectivity index (χ4n) is 2.52. The molecule has 0 saturated heterocycles. The molecule has 0 heterocycles. The Morgan fingerprint density at radius 1 is 1.37 bits per heavy atom. The molecule has 0 aliphatic carbocycles. The van der Waals surface area contributed by atoms with Gasteiger partial charge in [0.2, 0.25) is 0 Å². The molecule has 0 radical (unpaired) electrons. The van der Waals surface area contributed by atoms with Crippen molar-refractivity contribution in [1.29, 1.82) is 0 Å². The number of carboxylic acid groups (broad SMARTS) is 1. The molecule has 1 rings (SSSR count). The van der Waals surface area contributed by atoms with Gasteiger partial charge < -0.3 is 10.2 Å². The van der Waals surface area contributed by atoms with Gasteiger partial charge in [0.1, 0.15) is 5.60 Å². The highest BCUT2D eigenvalue weighted by Crippen LogP contribution is 2.35. The molecule has 1 aromatic carbocycles. The summed E-state index contributed by atoms with van der Waals surface area (Å²) < 4.78 is 0. The van der Waals surface area contributed by atoms with Crippen LogP contribution in [0.15, 0.2) is 18.2 Å². The van der Waals surface area contributed by atoms with Crippen LogP contribution < -0.4 is 0 Å². The van der Waals surface area contributed by atoms with Gasteiger partial charge in [-0.05, 0) is 38.3 Å². The maximum atomic E-state index is 11.5. The van der Waals surface area contributed by atoms with Gasteiger partial charge in [-0.3, -0.25) is 4.79 Å². The molecule has 0 fully saturated rings. The van der Waals surface area contributed by atoms with Crippen LogP contribution in [0.1, 0.15) is 49.8 Å². The quantitative estimate of drug-likeness (QED) is 0.828. The maximum absolute atomic E-state index is 11.5. The molecule has 2 N–H and O–H groups in total. The zero-order chi connectivity index (χ0) is 14.6. The van der Waals surface area contributed by atoms with E-state index in [4.69, 9.17) is 0 Å². The second kappa shape index (κ2) is 6.20. The first-order valence-corrected chi connectivity index (χ1v) is 6.83. The topological polar surface area (TPSA) is 57.5 Å². The fraction of sp³-hybridized carbons (Fsp3) is 0.562. The maximum Gasteiger partial charge on any atom is 0.309 e. The molecule has 0 bridgehead atoms.